The fourth-order valence-electron chi connectivity index (χ4n) is 5.60. The summed E-state index contributed by atoms with van der Waals surface area (Å²) in [5.41, 5.74) is 1.14. The van der Waals surface area contributed by atoms with Crippen molar-refractivity contribution in [2.75, 3.05) is 37.5 Å². The smallest absolute Gasteiger partial charge is 0.261 e. The van der Waals surface area contributed by atoms with Gasteiger partial charge in [-0.3, -0.25) is 9.52 Å². The molecular formula is C27H34FN3O6S. The monoisotopic (exact) mass is 547 g/mol. The molecule has 2 aromatic carbocycles. The van der Waals surface area contributed by atoms with Gasteiger partial charge in [0.05, 0.1) is 24.0 Å². The van der Waals surface area contributed by atoms with Gasteiger partial charge in [-0.2, -0.15) is 0 Å². The van der Waals surface area contributed by atoms with Gasteiger partial charge >= 0.3 is 0 Å². The summed E-state index contributed by atoms with van der Waals surface area (Å²) in [6.45, 7) is 3.31. The normalized spacial score (nSPS) is 25.2. The van der Waals surface area contributed by atoms with Crippen LogP contribution in [0, 0.1) is 5.82 Å². The Bertz CT molecular complexity index is 1240. The summed E-state index contributed by atoms with van der Waals surface area (Å²) >= 11 is 0. The lowest BCUT2D eigenvalue weighted by Crippen LogP contribution is -2.47. The topological polar surface area (TPSA) is 117 Å². The van der Waals surface area contributed by atoms with Gasteiger partial charge in [0.1, 0.15) is 23.8 Å². The molecule has 0 saturated carbocycles. The van der Waals surface area contributed by atoms with Crippen molar-refractivity contribution in [2.24, 2.45) is 0 Å². The number of anilines is 1. The Hall–Kier alpha value is -2.73. The van der Waals surface area contributed by atoms with E-state index in [4.69, 9.17) is 9.47 Å². The van der Waals surface area contributed by atoms with Crippen molar-refractivity contribution in [3.63, 3.8) is 0 Å². The van der Waals surface area contributed by atoms with E-state index in [1.807, 2.05) is 0 Å². The molecule has 0 bridgehead atoms. The number of aliphatic hydroxyl groups excluding tert-OH is 1. The number of sulfonamides is 1. The Morgan fingerprint density at radius 3 is 2.61 bits per heavy atom. The summed E-state index contributed by atoms with van der Waals surface area (Å²) in [5.74, 6) is -0.189. The van der Waals surface area contributed by atoms with Crippen molar-refractivity contribution < 1.29 is 32.2 Å². The zero-order chi connectivity index (χ0) is 26.7. The third-order valence-electron chi connectivity index (χ3n) is 7.49. The van der Waals surface area contributed by atoms with Gasteiger partial charge in [0.15, 0.2) is 0 Å². The molecule has 5 rings (SSSR count). The number of aliphatic hydroxyl groups is 1. The average Bonchev–Trinajstić information content (AvgIpc) is 3.27. The Morgan fingerprint density at radius 1 is 1.11 bits per heavy atom. The number of halogens is 1. The molecule has 3 aliphatic rings. The molecule has 0 aliphatic carbocycles. The van der Waals surface area contributed by atoms with E-state index in [0.717, 1.165) is 37.3 Å². The predicted molar refractivity (Wildman–Crippen MR) is 139 cm³/mol. The van der Waals surface area contributed by atoms with Gasteiger partial charge in [0.25, 0.3) is 10.0 Å². The first-order valence-electron chi connectivity index (χ1n) is 13.2. The molecule has 0 aromatic heterocycles. The molecule has 3 N–H and O–H groups in total. The Balaban J connectivity index is 1.23. The van der Waals surface area contributed by atoms with Crippen LogP contribution in [0.2, 0.25) is 0 Å². The molecule has 9 nitrogen and oxygen atoms in total. The van der Waals surface area contributed by atoms with Crippen LogP contribution in [0.5, 0.6) is 5.75 Å². The lowest BCUT2D eigenvalue weighted by Gasteiger charge is -2.37. The number of nitrogens with zero attached hydrogens (tertiary/aromatic N) is 1. The number of carbonyl (C=O) groups is 1. The number of rotatable bonds is 9. The van der Waals surface area contributed by atoms with Gasteiger partial charge in [-0.05, 0) is 74.8 Å². The lowest BCUT2D eigenvalue weighted by atomic mass is 9.84. The summed E-state index contributed by atoms with van der Waals surface area (Å²) in [6, 6.07) is 9.60. The molecule has 206 valence electrons. The molecule has 1 amide bonds. The fraction of sp³-hybridized carbons (Fsp3) is 0.519. The van der Waals surface area contributed by atoms with Crippen molar-refractivity contribution in [2.45, 2.75) is 61.2 Å². The Morgan fingerprint density at radius 2 is 1.87 bits per heavy atom. The number of ether oxygens (including phenoxy) is 2. The average molecular weight is 548 g/mol. The van der Waals surface area contributed by atoms with Crippen LogP contribution < -0.4 is 14.8 Å². The molecule has 0 radical (unpaired) electrons. The quantitative estimate of drug-likeness (QED) is 0.442. The molecule has 0 unspecified atom stereocenters. The van der Waals surface area contributed by atoms with Gasteiger partial charge in [-0.25, -0.2) is 12.8 Å². The second kappa shape index (κ2) is 11.6. The standard InChI is InChI=1S/C27H34FN3O6S/c28-18-4-7-21(8-5-18)38(34,35)30-19-6-9-24-22(14-19)23-15-20(36-25(17-32)27(23)37-24)16-26(33)29-10-13-31-11-2-1-3-12-31/h4-9,14,20,23,25,27,30,32H,1-3,10-13,15-17H2,(H,29,33)/t20-,23-,25+,27+/m0/s1. The highest BCUT2D eigenvalue weighted by Crippen LogP contribution is 2.47. The van der Waals surface area contributed by atoms with Crippen LogP contribution in [-0.4, -0.2) is 75.4 Å². The van der Waals surface area contributed by atoms with E-state index in [9.17, 15) is 22.7 Å². The first kappa shape index (κ1) is 26.9. The number of hydrogen-bond acceptors (Lipinski definition) is 7. The second-order valence-electron chi connectivity index (χ2n) is 10.2. The van der Waals surface area contributed by atoms with Crippen LogP contribution in [0.15, 0.2) is 47.4 Å². The van der Waals surface area contributed by atoms with E-state index in [1.165, 1.54) is 31.4 Å². The first-order chi connectivity index (χ1) is 18.3. The van der Waals surface area contributed by atoms with Gasteiger partial charge < -0.3 is 24.8 Å². The van der Waals surface area contributed by atoms with Crippen molar-refractivity contribution in [1.29, 1.82) is 0 Å². The molecule has 2 aromatic rings. The van der Waals surface area contributed by atoms with Crippen molar-refractivity contribution in [3.8, 4) is 5.75 Å². The third-order valence-corrected chi connectivity index (χ3v) is 8.88. The summed E-state index contributed by atoms with van der Waals surface area (Å²) in [6.07, 6.45) is 2.90. The van der Waals surface area contributed by atoms with Gasteiger partial charge in [-0.1, -0.05) is 6.42 Å². The zero-order valence-corrected chi connectivity index (χ0v) is 22.0. The van der Waals surface area contributed by atoms with Crippen LogP contribution in [-0.2, 0) is 19.6 Å². The van der Waals surface area contributed by atoms with E-state index >= 15 is 0 Å². The zero-order valence-electron chi connectivity index (χ0n) is 21.1. The van der Waals surface area contributed by atoms with Crippen LogP contribution in [0.3, 0.4) is 0 Å². The number of carbonyl (C=O) groups excluding carboxylic acids is 1. The Kier molecular flexibility index (Phi) is 8.18. The maximum absolute atomic E-state index is 13.2. The van der Waals surface area contributed by atoms with Crippen LogP contribution in [0.4, 0.5) is 10.1 Å². The highest BCUT2D eigenvalue weighted by molar-refractivity contribution is 7.92. The van der Waals surface area contributed by atoms with Crippen LogP contribution in [0.25, 0.3) is 0 Å². The predicted octanol–water partition coefficient (Wildman–Crippen LogP) is 2.61. The van der Waals surface area contributed by atoms with Crippen molar-refractivity contribution in [3.05, 3.63) is 53.8 Å². The number of likely N-dealkylation sites (tertiary alicyclic amines) is 1. The molecule has 38 heavy (non-hydrogen) atoms. The maximum Gasteiger partial charge on any atom is 0.261 e. The van der Waals surface area contributed by atoms with Gasteiger partial charge in [0.2, 0.25) is 5.91 Å². The maximum atomic E-state index is 13.2. The molecule has 3 heterocycles. The van der Waals surface area contributed by atoms with E-state index in [-0.39, 0.29) is 29.7 Å². The molecule has 11 heteroatoms. The fourth-order valence-corrected chi connectivity index (χ4v) is 6.65. The number of hydrogen-bond donors (Lipinski definition) is 3. The van der Waals surface area contributed by atoms with Crippen LogP contribution >= 0.6 is 0 Å². The minimum Gasteiger partial charge on any atom is -0.487 e. The second-order valence-corrected chi connectivity index (χ2v) is 11.9. The number of piperidine rings is 1. The number of nitrogens with one attached hydrogen (secondary N) is 2. The van der Waals surface area contributed by atoms with E-state index in [0.29, 0.717) is 24.4 Å². The van der Waals surface area contributed by atoms with Gasteiger partial charge in [0, 0.05) is 30.3 Å². The van der Waals surface area contributed by atoms with Crippen LogP contribution in [0.1, 0.15) is 43.6 Å². The summed E-state index contributed by atoms with van der Waals surface area (Å²) in [5, 5.41) is 13.0. The third kappa shape index (κ3) is 6.12. The molecular weight excluding hydrogens is 513 g/mol. The molecule has 0 spiro atoms. The summed E-state index contributed by atoms with van der Waals surface area (Å²) < 4.78 is 53.5. The highest BCUT2D eigenvalue weighted by atomic mass is 32.2. The molecule has 2 fully saturated rings. The first-order valence-corrected chi connectivity index (χ1v) is 14.6. The summed E-state index contributed by atoms with van der Waals surface area (Å²) in [4.78, 5) is 15.0. The minimum atomic E-state index is -3.91. The SMILES string of the molecule is O=C(C[C@@H]1C[C@H]2c3cc(NS(=O)(=O)c4ccc(F)cc4)ccc3O[C@H]2[C@@H](CO)O1)NCCN1CCCCC1. The summed E-state index contributed by atoms with van der Waals surface area (Å²) in [7, 11) is -3.91. The highest BCUT2D eigenvalue weighted by Gasteiger charge is 2.46. The lowest BCUT2D eigenvalue weighted by molar-refractivity contribution is -0.142. The van der Waals surface area contributed by atoms with E-state index in [2.05, 4.69) is 14.9 Å². The molecule has 3 aliphatic heterocycles. The Labute approximate surface area is 222 Å². The minimum absolute atomic E-state index is 0.0497. The van der Waals surface area contributed by atoms with E-state index in [1.54, 1.807) is 18.2 Å². The van der Waals surface area contributed by atoms with Crippen molar-refractivity contribution in [1.82, 2.24) is 10.2 Å². The van der Waals surface area contributed by atoms with E-state index < -0.39 is 34.2 Å². The number of amides is 1. The molecule has 4 atom stereocenters. The largest absolute Gasteiger partial charge is 0.487 e. The molecule has 2 saturated heterocycles. The number of benzene rings is 2. The number of fused-ring (bicyclic) bond motifs is 3. The van der Waals surface area contributed by atoms with Crippen molar-refractivity contribution >= 4 is 21.6 Å². The van der Waals surface area contributed by atoms with Gasteiger partial charge in [-0.15, -0.1) is 0 Å².